The Hall–Kier alpha value is -3.24. The third kappa shape index (κ3) is 3.04. The van der Waals surface area contributed by atoms with Crippen molar-refractivity contribution in [1.29, 1.82) is 0 Å². The van der Waals surface area contributed by atoms with Gasteiger partial charge in [0.05, 0.1) is 5.56 Å². The molecular formula is C17H14N4O5S. The van der Waals surface area contributed by atoms with Crippen LogP contribution in [0.1, 0.15) is 26.8 Å². The average molecular weight is 386 g/mol. The molecule has 0 spiro atoms. The zero-order chi connectivity index (χ0) is 19.1. The van der Waals surface area contributed by atoms with E-state index in [0.29, 0.717) is 29.1 Å². The number of aromatic nitrogens is 1. The van der Waals surface area contributed by atoms with Crippen molar-refractivity contribution in [2.75, 3.05) is 17.3 Å². The molecule has 0 radical (unpaired) electrons. The van der Waals surface area contributed by atoms with Crippen LogP contribution >= 0.6 is 11.3 Å². The van der Waals surface area contributed by atoms with Crippen molar-refractivity contribution in [3.63, 3.8) is 0 Å². The van der Waals surface area contributed by atoms with E-state index in [9.17, 15) is 24.3 Å². The molecule has 0 saturated heterocycles. The van der Waals surface area contributed by atoms with E-state index in [-0.39, 0.29) is 16.5 Å². The monoisotopic (exact) mass is 386 g/mol. The lowest BCUT2D eigenvalue weighted by Crippen LogP contribution is -2.37. The third-order valence-corrected chi connectivity index (χ3v) is 5.50. The number of hydrogen-bond donors (Lipinski definition) is 4. The highest BCUT2D eigenvalue weighted by Crippen LogP contribution is 2.39. The first-order valence-electron chi connectivity index (χ1n) is 8.10. The van der Waals surface area contributed by atoms with E-state index in [4.69, 9.17) is 0 Å². The second-order valence-electron chi connectivity index (χ2n) is 6.00. The molecule has 2 aromatic heterocycles. The van der Waals surface area contributed by atoms with E-state index >= 15 is 0 Å². The van der Waals surface area contributed by atoms with E-state index in [1.54, 1.807) is 24.3 Å². The first-order chi connectivity index (χ1) is 13.0. The minimum Gasteiger partial charge on any atom is -0.478 e. The molecule has 1 aromatic carbocycles. The van der Waals surface area contributed by atoms with Crippen LogP contribution in [0.15, 0.2) is 39.9 Å². The quantitative estimate of drug-likeness (QED) is 0.471. The number of hydrogen-bond acceptors (Lipinski definition) is 7. The fourth-order valence-corrected chi connectivity index (χ4v) is 4.29. The van der Waals surface area contributed by atoms with Crippen LogP contribution in [-0.2, 0) is 11.2 Å². The predicted octanol–water partition coefficient (Wildman–Crippen LogP) is 0.545. The number of rotatable bonds is 5. The molecule has 0 fully saturated rings. The van der Waals surface area contributed by atoms with Gasteiger partial charge in [0.25, 0.3) is 0 Å². The Labute approximate surface area is 155 Å². The summed E-state index contributed by atoms with van der Waals surface area (Å²) in [4.78, 5) is 47.4. The van der Waals surface area contributed by atoms with Crippen molar-refractivity contribution >= 4 is 33.9 Å². The normalized spacial score (nSPS) is 16.1. The maximum absolute atomic E-state index is 12.7. The van der Waals surface area contributed by atoms with Crippen LogP contribution in [0, 0.1) is 0 Å². The highest BCUT2D eigenvalue weighted by molar-refractivity contribution is 7.17. The standard InChI is InChI=1S/C17H14N4O5S/c22-13(19-8-4-2-1-3-5-8)11-12-9(6-7-18-11)10(17(25)26)14(27-12)20-21-15(23)16(21)24/h1-5,11,18,20H,6-7H2,(H,19,22)(H,25,26). The Balaban J connectivity index is 1.68. The van der Waals surface area contributed by atoms with Gasteiger partial charge < -0.3 is 15.7 Å². The van der Waals surface area contributed by atoms with Crippen molar-refractivity contribution in [1.82, 2.24) is 9.99 Å². The summed E-state index contributed by atoms with van der Waals surface area (Å²) < 4.78 is 0.746. The lowest BCUT2D eigenvalue weighted by atomic mass is 9.98. The SMILES string of the molecule is O=C(O)c1c(Nn2c(=O)c2=O)sc2c1CCNC2C(=O)Nc1ccccc1. The number of para-hydroxylation sites is 1. The second kappa shape index (κ2) is 6.49. The lowest BCUT2D eigenvalue weighted by Gasteiger charge is -2.23. The van der Waals surface area contributed by atoms with Crippen molar-refractivity contribution in [3.05, 3.63) is 67.0 Å². The number of anilines is 2. The Morgan fingerprint density at radius 2 is 1.89 bits per heavy atom. The summed E-state index contributed by atoms with van der Waals surface area (Å²) in [6, 6.07) is 8.20. The van der Waals surface area contributed by atoms with Crippen LogP contribution < -0.4 is 27.2 Å². The molecular weight excluding hydrogens is 372 g/mol. The summed E-state index contributed by atoms with van der Waals surface area (Å²) in [5.41, 5.74) is 2.24. The molecule has 1 aliphatic heterocycles. The first kappa shape index (κ1) is 17.2. The van der Waals surface area contributed by atoms with E-state index in [2.05, 4.69) is 16.1 Å². The van der Waals surface area contributed by atoms with Crippen LogP contribution in [0.25, 0.3) is 0 Å². The number of carboxylic acid groups (broad SMARTS) is 1. The van der Waals surface area contributed by atoms with E-state index < -0.39 is 23.1 Å². The van der Waals surface area contributed by atoms with Gasteiger partial charge in [-0.2, -0.15) is 4.68 Å². The van der Waals surface area contributed by atoms with Gasteiger partial charge in [0.2, 0.25) is 5.91 Å². The van der Waals surface area contributed by atoms with Gasteiger partial charge in [-0.15, -0.1) is 11.3 Å². The topological polar surface area (TPSA) is 130 Å². The van der Waals surface area contributed by atoms with Crippen molar-refractivity contribution in [2.24, 2.45) is 0 Å². The van der Waals surface area contributed by atoms with Gasteiger partial charge in [0.15, 0.2) is 0 Å². The van der Waals surface area contributed by atoms with Crippen LogP contribution in [0.2, 0.25) is 0 Å². The molecule has 0 saturated carbocycles. The van der Waals surface area contributed by atoms with Gasteiger partial charge in [-0.3, -0.25) is 19.8 Å². The fraction of sp³-hybridized carbons (Fsp3) is 0.176. The summed E-state index contributed by atoms with van der Waals surface area (Å²) in [5.74, 6) is -1.49. The molecule has 138 valence electrons. The van der Waals surface area contributed by atoms with E-state index in [1.165, 1.54) is 0 Å². The van der Waals surface area contributed by atoms with Gasteiger partial charge in [0, 0.05) is 17.1 Å². The number of benzene rings is 1. The van der Waals surface area contributed by atoms with Gasteiger partial charge in [-0.1, -0.05) is 18.2 Å². The highest BCUT2D eigenvalue weighted by atomic mass is 32.1. The molecule has 4 N–H and O–H groups in total. The Morgan fingerprint density at radius 1 is 1.19 bits per heavy atom. The largest absolute Gasteiger partial charge is 0.478 e. The number of amides is 1. The van der Waals surface area contributed by atoms with E-state index in [1.807, 2.05) is 6.07 Å². The second-order valence-corrected chi connectivity index (χ2v) is 7.06. The molecule has 1 atom stereocenters. The number of carbonyl (C=O) groups is 2. The van der Waals surface area contributed by atoms with Gasteiger partial charge >= 0.3 is 17.1 Å². The summed E-state index contributed by atoms with van der Waals surface area (Å²) in [6.07, 6.45) is 0.423. The predicted molar refractivity (Wildman–Crippen MR) is 99.2 cm³/mol. The third-order valence-electron chi connectivity index (χ3n) is 4.29. The minimum absolute atomic E-state index is 0.0125. The van der Waals surface area contributed by atoms with Crippen molar-refractivity contribution in [3.8, 4) is 0 Å². The highest BCUT2D eigenvalue weighted by Gasteiger charge is 2.34. The smallest absolute Gasteiger partial charge is 0.340 e. The summed E-state index contributed by atoms with van der Waals surface area (Å²) in [5, 5.41) is 15.6. The van der Waals surface area contributed by atoms with Crippen LogP contribution in [-0.4, -0.2) is 28.2 Å². The maximum Gasteiger partial charge on any atom is 0.340 e. The molecule has 3 aromatic rings. The van der Waals surface area contributed by atoms with Crippen LogP contribution in [0.4, 0.5) is 10.7 Å². The molecule has 1 aliphatic rings. The molecule has 0 aliphatic carbocycles. The minimum atomic E-state index is -1.18. The molecule has 9 nitrogen and oxygen atoms in total. The first-order valence-corrected chi connectivity index (χ1v) is 8.92. The number of carboxylic acids is 1. The summed E-state index contributed by atoms with van der Waals surface area (Å²) >= 11 is 1.05. The Bertz CT molecular complexity index is 1080. The molecule has 0 bridgehead atoms. The number of fused-ring (bicyclic) bond motifs is 1. The maximum atomic E-state index is 12.7. The zero-order valence-electron chi connectivity index (χ0n) is 13.8. The molecule has 1 amide bonds. The van der Waals surface area contributed by atoms with Crippen LogP contribution in [0.5, 0.6) is 0 Å². The average Bonchev–Trinajstić information content (AvgIpc) is 3.05. The number of thiophene rings is 1. The molecule has 1 unspecified atom stereocenters. The molecule has 10 heteroatoms. The zero-order valence-corrected chi connectivity index (χ0v) is 14.6. The molecule has 3 heterocycles. The Morgan fingerprint density at radius 3 is 2.52 bits per heavy atom. The number of aromatic carboxylic acids is 1. The van der Waals surface area contributed by atoms with E-state index in [0.717, 1.165) is 16.0 Å². The van der Waals surface area contributed by atoms with Gasteiger partial charge in [-0.25, -0.2) is 4.79 Å². The summed E-state index contributed by atoms with van der Waals surface area (Å²) in [6.45, 7) is 0.428. The lowest BCUT2D eigenvalue weighted by molar-refractivity contribution is -0.118. The number of nitrogens with one attached hydrogen (secondary N) is 3. The summed E-state index contributed by atoms with van der Waals surface area (Å²) in [7, 11) is 0. The van der Waals surface area contributed by atoms with Gasteiger partial charge in [-0.05, 0) is 24.1 Å². The molecule has 27 heavy (non-hydrogen) atoms. The number of nitrogens with zero attached hydrogens (tertiary/aromatic N) is 1. The van der Waals surface area contributed by atoms with Crippen molar-refractivity contribution < 1.29 is 14.7 Å². The fourth-order valence-electron chi connectivity index (χ4n) is 2.99. The number of carbonyl (C=O) groups excluding carboxylic acids is 1. The Kier molecular flexibility index (Phi) is 4.13. The van der Waals surface area contributed by atoms with Gasteiger partial charge in [0.1, 0.15) is 11.0 Å². The molecule has 4 rings (SSSR count). The van der Waals surface area contributed by atoms with Crippen LogP contribution in [0.3, 0.4) is 0 Å². The van der Waals surface area contributed by atoms with Crippen molar-refractivity contribution in [2.45, 2.75) is 12.5 Å².